The maximum atomic E-state index is 5.54. The van der Waals surface area contributed by atoms with E-state index in [1.165, 1.54) is 43.4 Å². The maximum Gasteiger partial charge on any atom is 0.235 e. The lowest BCUT2D eigenvalue weighted by Gasteiger charge is -2.16. The zero-order chi connectivity index (χ0) is 36.3. The van der Waals surface area contributed by atoms with E-state index in [4.69, 9.17) is 9.97 Å². The van der Waals surface area contributed by atoms with Crippen LogP contribution in [-0.4, -0.2) is 14.5 Å². The number of fused-ring (bicyclic) bond motifs is 6. The third-order valence-electron chi connectivity index (χ3n) is 11.0. The van der Waals surface area contributed by atoms with Crippen LogP contribution in [-0.2, 0) is 0 Å². The molecule has 0 aliphatic rings. The van der Waals surface area contributed by atoms with E-state index in [1.54, 1.807) is 0 Å². The Labute approximate surface area is 318 Å². The smallest absolute Gasteiger partial charge is 0.235 e. The van der Waals surface area contributed by atoms with E-state index in [9.17, 15) is 0 Å². The molecule has 0 atom stereocenters. The third kappa shape index (κ3) is 5.20. The van der Waals surface area contributed by atoms with Crippen molar-refractivity contribution in [3.8, 4) is 50.6 Å². The van der Waals surface area contributed by atoms with Crippen LogP contribution in [0.1, 0.15) is 0 Å². The van der Waals surface area contributed by atoms with Crippen LogP contribution in [0.3, 0.4) is 0 Å². The third-order valence-corrected chi connectivity index (χ3v) is 11.0. The monoisotopic (exact) mass is 699 g/mol. The highest BCUT2D eigenvalue weighted by atomic mass is 15.2. The average molecular weight is 700 g/mol. The van der Waals surface area contributed by atoms with Gasteiger partial charge >= 0.3 is 0 Å². The van der Waals surface area contributed by atoms with Gasteiger partial charge in [0.1, 0.15) is 0 Å². The molecule has 11 aromatic rings. The second kappa shape index (κ2) is 12.6. The summed E-state index contributed by atoms with van der Waals surface area (Å²) in [6.07, 6.45) is 0. The van der Waals surface area contributed by atoms with Crippen LogP contribution in [0.15, 0.2) is 200 Å². The number of para-hydroxylation sites is 1. The lowest BCUT2D eigenvalue weighted by molar-refractivity contribution is 1.01. The molecule has 0 radical (unpaired) electrons. The summed E-state index contributed by atoms with van der Waals surface area (Å²) in [7, 11) is 0. The molecule has 0 aliphatic carbocycles. The summed E-state index contributed by atoms with van der Waals surface area (Å²) in [5.41, 5.74) is 12.0. The van der Waals surface area contributed by atoms with E-state index in [0.717, 1.165) is 55.4 Å². The van der Waals surface area contributed by atoms with E-state index >= 15 is 0 Å². The molecule has 0 unspecified atom stereocenters. The van der Waals surface area contributed by atoms with Gasteiger partial charge in [-0.1, -0.05) is 170 Å². The van der Waals surface area contributed by atoms with E-state index in [2.05, 4.69) is 205 Å². The van der Waals surface area contributed by atoms with Crippen LogP contribution < -0.4 is 0 Å². The minimum atomic E-state index is 0.647. The molecule has 9 aromatic carbocycles. The van der Waals surface area contributed by atoms with Crippen molar-refractivity contribution < 1.29 is 0 Å². The van der Waals surface area contributed by atoms with Crippen molar-refractivity contribution in [2.24, 2.45) is 0 Å². The highest BCUT2D eigenvalue weighted by Gasteiger charge is 2.20. The predicted octanol–water partition coefficient (Wildman–Crippen LogP) is 13.7. The van der Waals surface area contributed by atoms with Crippen LogP contribution >= 0.6 is 0 Å². The van der Waals surface area contributed by atoms with Gasteiger partial charge in [0.2, 0.25) is 5.95 Å². The van der Waals surface area contributed by atoms with Crippen molar-refractivity contribution in [1.82, 2.24) is 14.5 Å². The van der Waals surface area contributed by atoms with Gasteiger partial charge in [0, 0.05) is 21.7 Å². The SMILES string of the molecule is c1ccc(-c2cc3nc(-n4c5ccccc5c5cc6ccccc6cc54)nc(-c4ccc(-c5cccc6ccccc56)cc4)c3cc2-c2ccccc2)cc1. The Morgan fingerprint density at radius 3 is 1.62 bits per heavy atom. The van der Waals surface area contributed by atoms with Crippen LogP contribution in [0.4, 0.5) is 0 Å². The number of benzene rings is 9. The summed E-state index contributed by atoms with van der Waals surface area (Å²) in [6.45, 7) is 0. The van der Waals surface area contributed by atoms with Gasteiger partial charge in [-0.25, -0.2) is 9.97 Å². The molecule has 3 nitrogen and oxygen atoms in total. The summed E-state index contributed by atoms with van der Waals surface area (Å²) >= 11 is 0. The van der Waals surface area contributed by atoms with Gasteiger partial charge in [0.25, 0.3) is 0 Å². The van der Waals surface area contributed by atoms with Crippen LogP contribution in [0.2, 0.25) is 0 Å². The van der Waals surface area contributed by atoms with E-state index in [0.29, 0.717) is 5.95 Å². The number of rotatable bonds is 5. The number of aromatic nitrogens is 3. The zero-order valence-corrected chi connectivity index (χ0v) is 29.9. The number of hydrogen-bond donors (Lipinski definition) is 0. The molecule has 2 heterocycles. The molecule has 0 bridgehead atoms. The standard InChI is InChI=1S/C52H33N3/c1-3-14-35(15-4-1)44-32-47-48(33-45(44)36-16-5-2-6-17-36)53-52(55-49-25-12-11-23-43(49)46-30-39-19-7-8-20-40(39)31-50(46)55)54-51(47)38-28-26-37(27-29-38)42-24-13-21-34-18-9-10-22-41(34)42/h1-33H. The Bertz CT molecular complexity index is 3230. The van der Waals surface area contributed by atoms with Crippen LogP contribution in [0.25, 0.3) is 105 Å². The first-order chi connectivity index (χ1) is 27.3. The quantitative estimate of drug-likeness (QED) is 0.179. The predicted molar refractivity (Wildman–Crippen MR) is 231 cm³/mol. The van der Waals surface area contributed by atoms with Gasteiger partial charge in [0.15, 0.2) is 0 Å². The molecule has 0 spiro atoms. The molecule has 0 saturated carbocycles. The topological polar surface area (TPSA) is 30.7 Å². The fourth-order valence-electron chi connectivity index (χ4n) is 8.35. The summed E-state index contributed by atoms with van der Waals surface area (Å²) in [4.78, 5) is 11.0. The molecule has 0 aliphatic heterocycles. The molecule has 0 N–H and O–H groups in total. The van der Waals surface area contributed by atoms with Gasteiger partial charge in [0.05, 0.1) is 22.2 Å². The molecule has 2 aromatic heterocycles. The van der Waals surface area contributed by atoms with Crippen molar-refractivity contribution in [3.63, 3.8) is 0 Å². The molecule has 0 fully saturated rings. The molecule has 0 saturated heterocycles. The number of hydrogen-bond acceptors (Lipinski definition) is 2. The van der Waals surface area contributed by atoms with E-state index < -0.39 is 0 Å². The van der Waals surface area contributed by atoms with Gasteiger partial charge < -0.3 is 0 Å². The first-order valence-electron chi connectivity index (χ1n) is 18.7. The Kier molecular flexibility index (Phi) is 7.17. The minimum Gasteiger partial charge on any atom is -0.278 e. The number of nitrogens with zero attached hydrogens (tertiary/aromatic N) is 3. The van der Waals surface area contributed by atoms with Crippen molar-refractivity contribution in [2.45, 2.75) is 0 Å². The Hall–Kier alpha value is -7.36. The fourth-order valence-corrected chi connectivity index (χ4v) is 8.35. The molecular weight excluding hydrogens is 667 g/mol. The fraction of sp³-hybridized carbons (Fsp3) is 0. The van der Waals surface area contributed by atoms with Crippen molar-refractivity contribution >= 4 is 54.3 Å². The molecular formula is C52H33N3. The lowest BCUT2D eigenvalue weighted by Crippen LogP contribution is -2.04. The molecule has 3 heteroatoms. The summed E-state index contributed by atoms with van der Waals surface area (Å²) < 4.78 is 2.25. The maximum absolute atomic E-state index is 5.54. The second-order valence-electron chi connectivity index (χ2n) is 14.2. The largest absolute Gasteiger partial charge is 0.278 e. The Morgan fingerprint density at radius 2 is 0.873 bits per heavy atom. The van der Waals surface area contributed by atoms with Crippen LogP contribution in [0, 0.1) is 0 Å². The summed E-state index contributed by atoms with van der Waals surface area (Å²) in [6, 6.07) is 71.6. The van der Waals surface area contributed by atoms with E-state index in [1.807, 2.05) is 0 Å². The van der Waals surface area contributed by atoms with Crippen LogP contribution in [0.5, 0.6) is 0 Å². The summed E-state index contributed by atoms with van der Waals surface area (Å²) in [5.74, 6) is 0.647. The lowest BCUT2D eigenvalue weighted by atomic mass is 9.91. The van der Waals surface area contributed by atoms with Crippen molar-refractivity contribution in [3.05, 3.63) is 200 Å². The highest BCUT2D eigenvalue weighted by molar-refractivity contribution is 6.13. The van der Waals surface area contributed by atoms with Crippen molar-refractivity contribution in [2.75, 3.05) is 0 Å². The Morgan fingerprint density at radius 1 is 0.309 bits per heavy atom. The first-order valence-corrected chi connectivity index (χ1v) is 18.7. The normalized spacial score (nSPS) is 11.6. The second-order valence-corrected chi connectivity index (χ2v) is 14.2. The van der Waals surface area contributed by atoms with Gasteiger partial charge in [-0.3, -0.25) is 4.57 Å². The van der Waals surface area contributed by atoms with E-state index in [-0.39, 0.29) is 0 Å². The molecule has 256 valence electrons. The highest BCUT2D eigenvalue weighted by Crippen LogP contribution is 2.41. The first kappa shape index (κ1) is 31.2. The minimum absolute atomic E-state index is 0.647. The average Bonchev–Trinajstić information content (AvgIpc) is 3.58. The molecule has 0 amide bonds. The van der Waals surface area contributed by atoms with Gasteiger partial charge in [-0.15, -0.1) is 0 Å². The van der Waals surface area contributed by atoms with Crippen molar-refractivity contribution in [1.29, 1.82) is 0 Å². The zero-order valence-electron chi connectivity index (χ0n) is 29.9. The van der Waals surface area contributed by atoms with Gasteiger partial charge in [-0.2, -0.15) is 0 Å². The van der Waals surface area contributed by atoms with Gasteiger partial charge in [-0.05, 0) is 85.3 Å². The summed E-state index contributed by atoms with van der Waals surface area (Å²) in [5, 5.41) is 8.24. The molecule has 11 rings (SSSR count). The Balaban J connectivity index is 1.21. The molecule has 55 heavy (non-hydrogen) atoms.